The zero-order valence-electron chi connectivity index (χ0n) is 12.4. The van der Waals surface area contributed by atoms with Crippen LogP contribution in [0.3, 0.4) is 0 Å². The third kappa shape index (κ3) is 3.82. The lowest BCUT2D eigenvalue weighted by Gasteiger charge is -2.44. The van der Waals surface area contributed by atoms with Gasteiger partial charge in [0.05, 0.1) is 7.11 Å². The van der Waals surface area contributed by atoms with Crippen LogP contribution < -0.4 is 0 Å². The van der Waals surface area contributed by atoms with Gasteiger partial charge in [0.25, 0.3) is 0 Å². The van der Waals surface area contributed by atoms with Crippen molar-refractivity contribution >= 4 is 5.97 Å². The Morgan fingerprint density at radius 1 is 1.16 bits per heavy atom. The third-order valence-corrected chi connectivity index (χ3v) is 4.99. The molecule has 2 rings (SSSR count). The van der Waals surface area contributed by atoms with Crippen molar-refractivity contribution < 1.29 is 9.53 Å². The highest BCUT2D eigenvalue weighted by Crippen LogP contribution is 2.44. The summed E-state index contributed by atoms with van der Waals surface area (Å²) in [6.45, 7) is 5.09. The van der Waals surface area contributed by atoms with E-state index < -0.39 is 0 Å². The van der Waals surface area contributed by atoms with Crippen molar-refractivity contribution in [1.82, 2.24) is 4.90 Å². The first kappa shape index (κ1) is 14.6. The van der Waals surface area contributed by atoms with E-state index >= 15 is 0 Å². The van der Waals surface area contributed by atoms with E-state index in [0.717, 1.165) is 12.1 Å². The number of methoxy groups -OCH3 is 1. The first-order chi connectivity index (χ1) is 9.15. The Labute approximate surface area is 117 Å². The van der Waals surface area contributed by atoms with Gasteiger partial charge in [0.15, 0.2) is 0 Å². The molecule has 0 amide bonds. The maximum absolute atomic E-state index is 11.3. The summed E-state index contributed by atoms with van der Waals surface area (Å²) in [6.07, 6.45) is 11.9. The molecular weight excluding hydrogens is 238 g/mol. The molecule has 0 atom stereocenters. The molecule has 1 spiro atoms. The molecule has 2 aliphatic rings. The number of esters is 1. The first-order valence-electron chi connectivity index (χ1n) is 7.63. The van der Waals surface area contributed by atoms with E-state index in [9.17, 15) is 4.79 Å². The summed E-state index contributed by atoms with van der Waals surface area (Å²) in [6, 6.07) is 0. The minimum atomic E-state index is -0.208. The molecule has 19 heavy (non-hydrogen) atoms. The molecule has 108 valence electrons. The number of carbonyl (C=O) groups is 1. The normalized spacial score (nSPS) is 24.4. The van der Waals surface area contributed by atoms with Gasteiger partial charge in [-0.2, -0.15) is 0 Å². The number of hydrogen-bond donors (Lipinski definition) is 0. The second-order valence-corrected chi connectivity index (χ2v) is 6.24. The SMILES string of the molecule is COC(=O)C(C)=CCN1CCC2(CCCCC2)CC1. The van der Waals surface area contributed by atoms with Crippen LogP contribution in [0.2, 0.25) is 0 Å². The van der Waals surface area contributed by atoms with Crippen molar-refractivity contribution in [2.75, 3.05) is 26.7 Å². The van der Waals surface area contributed by atoms with Crippen molar-refractivity contribution in [2.45, 2.75) is 51.9 Å². The average molecular weight is 265 g/mol. The fourth-order valence-electron chi connectivity index (χ4n) is 3.52. The minimum Gasteiger partial charge on any atom is -0.466 e. The van der Waals surface area contributed by atoms with Crippen LogP contribution in [0.1, 0.15) is 51.9 Å². The van der Waals surface area contributed by atoms with Crippen LogP contribution in [0.25, 0.3) is 0 Å². The number of carbonyl (C=O) groups excluding carboxylic acids is 1. The second kappa shape index (κ2) is 6.56. The van der Waals surface area contributed by atoms with E-state index in [2.05, 4.69) is 4.90 Å². The van der Waals surface area contributed by atoms with Gasteiger partial charge in [0.2, 0.25) is 0 Å². The quantitative estimate of drug-likeness (QED) is 0.580. The zero-order chi connectivity index (χ0) is 13.7. The Morgan fingerprint density at radius 2 is 1.79 bits per heavy atom. The van der Waals surface area contributed by atoms with Crippen LogP contribution in [-0.4, -0.2) is 37.6 Å². The van der Waals surface area contributed by atoms with Gasteiger partial charge in [-0.25, -0.2) is 4.79 Å². The summed E-state index contributed by atoms with van der Waals surface area (Å²) in [5, 5.41) is 0. The van der Waals surface area contributed by atoms with Crippen LogP contribution in [0.4, 0.5) is 0 Å². The maximum Gasteiger partial charge on any atom is 0.333 e. The third-order valence-electron chi connectivity index (χ3n) is 4.99. The summed E-state index contributed by atoms with van der Waals surface area (Å²) < 4.78 is 4.72. The van der Waals surface area contributed by atoms with Crippen molar-refractivity contribution in [3.8, 4) is 0 Å². The monoisotopic (exact) mass is 265 g/mol. The molecule has 0 radical (unpaired) electrons. The number of rotatable bonds is 3. The standard InChI is InChI=1S/C16H27NO2/c1-14(15(18)19-2)6-11-17-12-9-16(10-13-17)7-4-3-5-8-16/h6H,3-5,7-13H2,1-2H3. The highest BCUT2D eigenvalue weighted by Gasteiger charge is 2.35. The molecule has 0 aromatic carbocycles. The lowest BCUT2D eigenvalue weighted by molar-refractivity contribution is -0.136. The van der Waals surface area contributed by atoms with Crippen LogP contribution in [0.15, 0.2) is 11.6 Å². The Hall–Kier alpha value is -0.830. The first-order valence-corrected chi connectivity index (χ1v) is 7.63. The van der Waals surface area contributed by atoms with Gasteiger partial charge in [-0.05, 0) is 51.1 Å². The van der Waals surface area contributed by atoms with Gasteiger partial charge >= 0.3 is 5.97 Å². The minimum absolute atomic E-state index is 0.208. The Bertz CT molecular complexity index is 333. The Balaban J connectivity index is 1.78. The van der Waals surface area contributed by atoms with E-state index in [4.69, 9.17) is 4.74 Å². The lowest BCUT2D eigenvalue weighted by atomic mass is 9.68. The van der Waals surface area contributed by atoms with Crippen LogP contribution in [0, 0.1) is 5.41 Å². The van der Waals surface area contributed by atoms with E-state index in [1.165, 1.54) is 65.1 Å². The molecular formula is C16H27NO2. The van der Waals surface area contributed by atoms with Gasteiger partial charge < -0.3 is 4.74 Å². The van der Waals surface area contributed by atoms with Crippen LogP contribution in [0.5, 0.6) is 0 Å². The number of ether oxygens (including phenoxy) is 1. The van der Waals surface area contributed by atoms with Gasteiger partial charge in [0.1, 0.15) is 0 Å². The average Bonchev–Trinajstić information content (AvgIpc) is 2.46. The summed E-state index contributed by atoms with van der Waals surface area (Å²) >= 11 is 0. The molecule has 1 aliphatic carbocycles. The zero-order valence-corrected chi connectivity index (χ0v) is 12.4. The number of piperidine rings is 1. The molecule has 1 saturated carbocycles. The predicted molar refractivity (Wildman–Crippen MR) is 77.0 cm³/mol. The number of nitrogens with zero attached hydrogens (tertiary/aromatic N) is 1. The summed E-state index contributed by atoms with van der Waals surface area (Å²) in [4.78, 5) is 13.8. The van der Waals surface area contributed by atoms with Gasteiger partial charge in [-0.15, -0.1) is 0 Å². The molecule has 0 N–H and O–H groups in total. The van der Waals surface area contributed by atoms with Gasteiger partial charge in [-0.3, -0.25) is 4.90 Å². The summed E-state index contributed by atoms with van der Waals surface area (Å²) in [5.74, 6) is -0.208. The molecule has 3 nitrogen and oxygen atoms in total. The fourth-order valence-corrected chi connectivity index (χ4v) is 3.52. The number of likely N-dealkylation sites (tertiary alicyclic amines) is 1. The molecule has 1 aliphatic heterocycles. The lowest BCUT2D eigenvalue weighted by Crippen LogP contribution is -2.41. The van der Waals surface area contributed by atoms with E-state index in [-0.39, 0.29) is 5.97 Å². The van der Waals surface area contributed by atoms with Crippen molar-refractivity contribution in [3.63, 3.8) is 0 Å². The van der Waals surface area contributed by atoms with Crippen molar-refractivity contribution in [3.05, 3.63) is 11.6 Å². The molecule has 0 aromatic rings. The second-order valence-electron chi connectivity index (χ2n) is 6.24. The smallest absolute Gasteiger partial charge is 0.333 e. The van der Waals surface area contributed by atoms with Gasteiger partial charge in [0, 0.05) is 12.1 Å². The summed E-state index contributed by atoms with van der Waals surface area (Å²) in [7, 11) is 1.44. The topological polar surface area (TPSA) is 29.5 Å². The highest BCUT2D eigenvalue weighted by atomic mass is 16.5. The van der Waals surface area contributed by atoms with Crippen molar-refractivity contribution in [2.24, 2.45) is 5.41 Å². The maximum atomic E-state index is 11.3. The molecule has 0 aromatic heterocycles. The largest absolute Gasteiger partial charge is 0.466 e. The molecule has 1 heterocycles. The summed E-state index contributed by atoms with van der Waals surface area (Å²) in [5.41, 5.74) is 1.39. The van der Waals surface area contributed by atoms with Crippen LogP contribution >= 0.6 is 0 Å². The highest BCUT2D eigenvalue weighted by molar-refractivity contribution is 5.87. The molecule has 2 fully saturated rings. The van der Waals surface area contributed by atoms with E-state index in [1.807, 2.05) is 13.0 Å². The molecule has 0 bridgehead atoms. The Kier molecular flexibility index (Phi) is 5.03. The molecule has 3 heteroatoms. The Morgan fingerprint density at radius 3 is 2.37 bits per heavy atom. The fraction of sp³-hybridized carbons (Fsp3) is 0.812. The van der Waals surface area contributed by atoms with E-state index in [1.54, 1.807) is 0 Å². The molecule has 1 saturated heterocycles. The predicted octanol–water partition coefficient (Wildman–Crippen LogP) is 3.15. The van der Waals surface area contributed by atoms with Crippen LogP contribution in [-0.2, 0) is 9.53 Å². The van der Waals surface area contributed by atoms with E-state index in [0.29, 0.717) is 5.41 Å². The number of hydrogen-bond acceptors (Lipinski definition) is 3. The van der Waals surface area contributed by atoms with Crippen molar-refractivity contribution in [1.29, 1.82) is 0 Å². The van der Waals surface area contributed by atoms with Gasteiger partial charge in [-0.1, -0.05) is 25.3 Å². The molecule has 0 unspecified atom stereocenters.